The van der Waals surface area contributed by atoms with Gasteiger partial charge in [-0.1, -0.05) is 0 Å². The Balaban J connectivity index is 1.94. The molecule has 1 saturated carbocycles. The summed E-state index contributed by atoms with van der Waals surface area (Å²) in [7, 11) is 1.58. The number of nitrogens with zero attached hydrogens (tertiary/aromatic N) is 1. The molecular weight excluding hydrogens is 352 g/mol. The molecule has 7 heteroatoms. The average molecular weight is 367 g/mol. The van der Waals surface area contributed by atoms with Crippen molar-refractivity contribution in [2.75, 3.05) is 13.7 Å². The van der Waals surface area contributed by atoms with Crippen LogP contribution in [-0.4, -0.2) is 35.0 Å². The number of nitrogens with one attached hydrogen (secondary N) is 1. The number of aromatic nitrogens is 2. The Morgan fingerprint density at radius 2 is 2.23 bits per heavy atom. The van der Waals surface area contributed by atoms with E-state index in [9.17, 15) is 4.79 Å². The minimum Gasteiger partial charge on any atom is -0.492 e. The molecule has 1 aromatic heterocycles. The SMILES string of the molecule is COc1c(Br)cc(-c2cc(C(=O)O)[nH]n2)cc1OCC1CC1. The van der Waals surface area contributed by atoms with Gasteiger partial charge >= 0.3 is 5.97 Å². The van der Waals surface area contributed by atoms with Gasteiger partial charge in [0.2, 0.25) is 0 Å². The summed E-state index contributed by atoms with van der Waals surface area (Å²) in [5.74, 6) is 0.824. The number of benzene rings is 1. The lowest BCUT2D eigenvalue weighted by Crippen LogP contribution is -2.01. The second-order valence-electron chi connectivity index (χ2n) is 5.22. The van der Waals surface area contributed by atoms with Crippen LogP contribution in [0.15, 0.2) is 22.7 Å². The second-order valence-corrected chi connectivity index (χ2v) is 6.07. The van der Waals surface area contributed by atoms with Crippen LogP contribution >= 0.6 is 15.9 Å². The lowest BCUT2D eigenvalue weighted by Gasteiger charge is -2.13. The van der Waals surface area contributed by atoms with Crippen molar-refractivity contribution in [3.05, 3.63) is 28.4 Å². The molecule has 1 aliphatic rings. The first-order valence-electron chi connectivity index (χ1n) is 6.88. The number of halogens is 1. The van der Waals surface area contributed by atoms with Crippen LogP contribution in [0.2, 0.25) is 0 Å². The van der Waals surface area contributed by atoms with Crippen LogP contribution in [0.3, 0.4) is 0 Å². The van der Waals surface area contributed by atoms with Crippen LogP contribution < -0.4 is 9.47 Å². The molecular formula is C15H15BrN2O4. The summed E-state index contributed by atoms with van der Waals surface area (Å²) in [6.07, 6.45) is 2.40. The average Bonchev–Trinajstić information content (AvgIpc) is 3.18. The van der Waals surface area contributed by atoms with Gasteiger partial charge in [-0.25, -0.2) is 4.79 Å². The van der Waals surface area contributed by atoms with Crippen LogP contribution in [0.4, 0.5) is 0 Å². The third kappa shape index (κ3) is 3.09. The van der Waals surface area contributed by atoms with E-state index in [1.165, 1.54) is 18.9 Å². The number of H-pyrrole nitrogens is 1. The number of carbonyl (C=O) groups is 1. The molecule has 1 heterocycles. The van der Waals surface area contributed by atoms with Crippen molar-refractivity contribution in [2.45, 2.75) is 12.8 Å². The van der Waals surface area contributed by atoms with Gasteiger partial charge in [-0.05, 0) is 52.9 Å². The predicted octanol–water partition coefficient (Wildman–Crippen LogP) is 3.33. The van der Waals surface area contributed by atoms with Crippen molar-refractivity contribution in [3.63, 3.8) is 0 Å². The van der Waals surface area contributed by atoms with E-state index >= 15 is 0 Å². The van der Waals surface area contributed by atoms with Crippen molar-refractivity contribution in [2.24, 2.45) is 5.92 Å². The monoisotopic (exact) mass is 366 g/mol. The number of hydrogen-bond acceptors (Lipinski definition) is 4. The smallest absolute Gasteiger partial charge is 0.353 e. The third-order valence-corrected chi connectivity index (χ3v) is 4.08. The highest BCUT2D eigenvalue weighted by molar-refractivity contribution is 9.10. The van der Waals surface area contributed by atoms with Crippen molar-refractivity contribution >= 4 is 21.9 Å². The molecule has 0 atom stereocenters. The number of rotatable bonds is 6. The van der Waals surface area contributed by atoms with Gasteiger partial charge < -0.3 is 14.6 Å². The fourth-order valence-electron chi connectivity index (χ4n) is 2.09. The molecule has 2 N–H and O–H groups in total. The lowest BCUT2D eigenvalue weighted by atomic mass is 10.1. The first-order valence-corrected chi connectivity index (χ1v) is 7.67. The largest absolute Gasteiger partial charge is 0.492 e. The van der Waals surface area contributed by atoms with Gasteiger partial charge in [0, 0.05) is 5.56 Å². The molecule has 116 valence electrons. The maximum absolute atomic E-state index is 10.9. The minimum atomic E-state index is -1.04. The van der Waals surface area contributed by atoms with E-state index in [-0.39, 0.29) is 5.69 Å². The topological polar surface area (TPSA) is 84.4 Å². The first kappa shape index (κ1) is 14.9. The Bertz CT molecular complexity index is 710. The summed E-state index contributed by atoms with van der Waals surface area (Å²) in [6.45, 7) is 0.660. The number of aromatic amines is 1. The van der Waals surface area contributed by atoms with Gasteiger partial charge in [-0.2, -0.15) is 5.10 Å². The standard InChI is InChI=1S/C15H15BrN2O4/c1-21-14-10(16)4-9(5-13(14)22-7-8-2-3-8)11-6-12(15(19)20)18-17-11/h4-6,8H,2-3,7H2,1H3,(H,17,18)(H,19,20). The van der Waals surface area contributed by atoms with Gasteiger partial charge in [0.15, 0.2) is 11.5 Å². The van der Waals surface area contributed by atoms with Crippen LogP contribution in [0.5, 0.6) is 11.5 Å². The van der Waals surface area contributed by atoms with Crippen molar-refractivity contribution in [1.82, 2.24) is 10.2 Å². The van der Waals surface area contributed by atoms with Crippen molar-refractivity contribution in [1.29, 1.82) is 0 Å². The summed E-state index contributed by atoms with van der Waals surface area (Å²) in [4.78, 5) is 10.9. The van der Waals surface area contributed by atoms with Gasteiger partial charge in [0.25, 0.3) is 0 Å². The van der Waals surface area contributed by atoms with Gasteiger partial charge in [-0.15, -0.1) is 0 Å². The van der Waals surface area contributed by atoms with Crippen molar-refractivity contribution < 1.29 is 19.4 Å². The molecule has 0 bridgehead atoms. The second kappa shape index (κ2) is 6.00. The maximum atomic E-state index is 10.9. The third-order valence-electron chi connectivity index (χ3n) is 3.49. The van der Waals surface area contributed by atoms with E-state index in [0.717, 1.165) is 10.0 Å². The van der Waals surface area contributed by atoms with E-state index < -0.39 is 5.97 Å². The summed E-state index contributed by atoms with van der Waals surface area (Å²) in [6, 6.07) is 5.12. The van der Waals surface area contributed by atoms with E-state index in [1.807, 2.05) is 12.1 Å². The molecule has 3 rings (SSSR count). The number of ether oxygens (including phenoxy) is 2. The molecule has 0 saturated heterocycles. The van der Waals surface area contributed by atoms with Gasteiger partial charge in [-0.3, -0.25) is 5.10 Å². The highest BCUT2D eigenvalue weighted by atomic mass is 79.9. The van der Waals surface area contributed by atoms with Crippen LogP contribution in [0.25, 0.3) is 11.3 Å². The van der Waals surface area contributed by atoms with Crippen LogP contribution in [0.1, 0.15) is 23.3 Å². The van der Waals surface area contributed by atoms with Gasteiger partial charge in [0.05, 0.1) is 23.9 Å². The lowest BCUT2D eigenvalue weighted by molar-refractivity contribution is 0.0690. The van der Waals surface area contributed by atoms with E-state index in [2.05, 4.69) is 26.1 Å². The van der Waals surface area contributed by atoms with Crippen molar-refractivity contribution in [3.8, 4) is 22.8 Å². The number of carboxylic acids is 1. The molecule has 6 nitrogen and oxygen atoms in total. The number of carboxylic acid groups (broad SMARTS) is 1. The highest BCUT2D eigenvalue weighted by Crippen LogP contribution is 2.40. The van der Waals surface area contributed by atoms with Crippen LogP contribution in [0, 0.1) is 5.92 Å². The summed E-state index contributed by atoms with van der Waals surface area (Å²) >= 11 is 3.45. The zero-order valence-corrected chi connectivity index (χ0v) is 13.5. The van der Waals surface area contributed by atoms with E-state index in [0.29, 0.717) is 29.7 Å². The van der Waals surface area contributed by atoms with E-state index in [1.54, 1.807) is 7.11 Å². The molecule has 0 spiro atoms. The normalized spacial score (nSPS) is 13.9. The summed E-state index contributed by atoms with van der Waals surface area (Å²) in [5, 5.41) is 15.5. The molecule has 0 aliphatic heterocycles. The summed E-state index contributed by atoms with van der Waals surface area (Å²) in [5.41, 5.74) is 1.33. The predicted molar refractivity (Wildman–Crippen MR) is 83.5 cm³/mol. The fourth-order valence-corrected chi connectivity index (χ4v) is 2.70. The minimum absolute atomic E-state index is 0.0439. The molecule has 0 amide bonds. The molecule has 0 radical (unpaired) electrons. The molecule has 1 fully saturated rings. The molecule has 1 aromatic carbocycles. The first-order chi connectivity index (χ1) is 10.6. The Labute approximate surface area is 135 Å². The zero-order valence-electron chi connectivity index (χ0n) is 11.9. The fraction of sp³-hybridized carbons (Fsp3) is 0.333. The summed E-state index contributed by atoms with van der Waals surface area (Å²) < 4.78 is 11.9. The number of methoxy groups -OCH3 is 1. The number of aromatic carboxylic acids is 1. The Kier molecular flexibility index (Phi) is 4.06. The van der Waals surface area contributed by atoms with Gasteiger partial charge in [0.1, 0.15) is 5.69 Å². The Hall–Kier alpha value is -2.02. The molecule has 22 heavy (non-hydrogen) atoms. The highest BCUT2D eigenvalue weighted by Gasteiger charge is 2.23. The number of hydrogen-bond donors (Lipinski definition) is 2. The molecule has 0 unspecified atom stereocenters. The molecule has 1 aliphatic carbocycles. The zero-order chi connectivity index (χ0) is 15.7. The van der Waals surface area contributed by atoms with E-state index in [4.69, 9.17) is 14.6 Å². The molecule has 2 aromatic rings. The quantitative estimate of drug-likeness (QED) is 0.818. The van der Waals surface area contributed by atoms with Crippen LogP contribution in [-0.2, 0) is 0 Å². The maximum Gasteiger partial charge on any atom is 0.353 e. The Morgan fingerprint density at radius 3 is 2.82 bits per heavy atom. The Morgan fingerprint density at radius 1 is 1.45 bits per heavy atom.